The van der Waals surface area contributed by atoms with E-state index in [1.807, 2.05) is 37.4 Å². The molecule has 0 aliphatic carbocycles. The van der Waals surface area contributed by atoms with Crippen molar-refractivity contribution in [2.24, 2.45) is 0 Å². The number of hydrogen-bond donors (Lipinski definition) is 1. The van der Waals surface area contributed by atoms with Crippen molar-refractivity contribution in [3.8, 4) is 22.1 Å². The maximum Gasteiger partial charge on any atom is 0.434 e. The number of halogens is 6. The van der Waals surface area contributed by atoms with Crippen LogP contribution >= 0.6 is 11.3 Å². The zero-order chi connectivity index (χ0) is 32.5. The number of aromatic nitrogens is 3. The Morgan fingerprint density at radius 3 is 2.47 bits per heavy atom. The van der Waals surface area contributed by atoms with Crippen molar-refractivity contribution >= 4 is 17.3 Å². The Morgan fingerprint density at radius 2 is 1.84 bits per heavy atom. The van der Waals surface area contributed by atoms with Gasteiger partial charge < -0.3 is 9.84 Å². The van der Waals surface area contributed by atoms with Crippen LogP contribution in [0.25, 0.3) is 16.4 Å². The van der Waals surface area contributed by atoms with E-state index in [4.69, 9.17) is 4.74 Å². The minimum Gasteiger partial charge on any atom is -0.489 e. The lowest BCUT2D eigenvalue weighted by molar-refractivity contribution is -0.148. The average molecular weight is 653 g/mol. The van der Waals surface area contributed by atoms with E-state index in [0.29, 0.717) is 59.6 Å². The predicted octanol–water partition coefficient (Wildman–Crippen LogP) is 7.90. The number of aromatic carboxylic acids is 1. The number of hydrogen-bond acceptors (Lipinski definition) is 6. The van der Waals surface area contributed by atoms with Gasteiger partial charge in [0.15, 0.2) is 11.5 Å². The van der Waals surface area contributed by atoms with Crippen molar-refractivity contribution in [1.82, 2.24) is 19.7 Å². The number of carboxylic acid groups (broad SMARTS) is 1. The Labute approximate surface area is 259 Å². The van der Waals surface area contributed by atoms with Crippen LogP contribution in [0, 0.1) is 6.92 Å². The summed E-state index contributed by atoms with van der Waals surface area (Å²) in [7, 11) is 0. The van der Waals surface area contributed by atoms with E-state index in [-0.39, 0.29) is 18.3 Å². The maximum absolute atomic E-state index is 13.8. The van der Waals surface area contributed by atoms with Crippen LogP contribution in [-0.4, -0.2) is 56.6 Å². The normalized spacial score (nSPS) is 15.0. The minimum atomic E-state index is -4.98. The van der Waals surface area contributed by atoms with Gasteiger partial charge in [0, 0.05) is 5.56 Å². The van der Waals surface area contributed by atoms with Gasteiger partial charge >= 0.3 is 18.3 Å². The zero-order valence-electron chi connectivity index (χ0n) is 24.4. The molecule has 0 radical (unpaired) electrons. The number of carboxylic acids is 1. The topological polar surface area (TPSA) is 80.5 Å². The summed E-state index contributed by atoms with van der Waals surface area (Å²) in [5, 5.41) is 14.9. The van der Waals surface area contributed by atoms with Gasteiger partial charge in [-0.15, -0.1) is 11.3 Å². The third kappa shape index (κ3) is 7.33. The lowest BCUT2D eigenvalue weighted by atomic mass is 9.88. The van der Waals surface area contributed by atoms with Crippen LogP contribution < -0.4 is 4.74 Å². The fourth-order valence-corrected chi connectivity index (χ4v) is 6.76. The number of carbonyl (C=O) groups is 1. The van der Waals surface area contributed by atoms with Gasteiger partial charge in [0.2, 0.25) is 0 Å². The van der Waals surface area contributed by atoms with E-state index in [1.54, 1.807) is 6.07 Å². The van der Waals surface area contributed by atoms with Gasteiger partial charge in [-0.25, -0.2) is 14.5 Å². The van der Waals surface area contributed by atoms with Crippen molar-refractivity contribution in [2.45, 2.75) is 58.0 Å². The molecule has 0 saturated carbocycles. The van der Waals surface area contributed by atoms with Crippen LogP contribution in [0.3, 0.4) is 0 Å². The average Bonchev–Trinajstić information content (AvgIpc) is 3.61. The van der Waals surface area contributed by atoms with Gasteiger partial charge in [0.1, 0.15) is 17.9 Å². The number of rotatable bonds is 9. The van der Waals surface area contributed by atoms with Gasteiger partial charge in [-0.3, -0.25) is 4.90 Å². The highest BCUT2D eigenvalue weighted by Gasteiger charge is 2.41. The number of ether oxygens (including phenoxy) is 1. The first-order chi connectivity index (χ1) is 21.2. The summed E-state index contributed by atoms with van der Waals surface area (Å²) in [6.45, 7) is 3.94. The van der Waals surface area contributed by atoms with E-state index >= 15 is 0 Å². The van der Waals surface area contributed by atoms with Crippen molar-refractivity contribution in [3.63, 3.8) is 0 Å². The van der Waals surface area contributed by atoms with Gasteiger partial charge in [0.05, 0.1) is 23.3 Å². The number of piperidine rings is 1. The fourth-order valence-electron chi connectivity index (χ4n) is 5.62. The summed E-state index contributed by atoms with van der Waals surface area (Å²) in [4.78, 5) is 18.0. The summed E-state index contributed by atoms with van der Waals surface area (Å²) < 4.78 is 86.4. The van der Waals surface area contributed by atoms with Crippen molar-refractivity contribution in [2.75, 3.05) is 19.6 Å². The molecule has 0 bridgehead atoms. The van der Waals surface area contributed by atoms with Gasteiger partial charge in [-0.1, -0.05) is 25.1 Å². The van der Waals surface area contributed by atoms with E-state index in [0.717, 1.165) is 22.3 Å². The third-order valence-corrected chi connectivity index (χ3v) is 8.94. The standard InChI is InChI=1S/C31H30F6N4O3S/c1-3-19-16-45-27(24-5-4-6-26(39-24)41-28(31(35,36)37)22(14-38-41)29(42)43)23(19)15-44-25-8-7-21(13-18(25)2)20-9-11-40(12-10-20)17-30(32,33)34/h4-8,13-14,16,20H,3,9-12,15,17H2,1-2H3,(H,42,43). The molecule has 1 N–H and O–H groups in total. The molecule has 0 atom stereocenters. The van der Waals surface area contributed by atoms with Crippen molar-refractivity contribution < 1.29 is 41.0 Å². The molecule has 4 aromatic rings. The van der Waals surface area contributed by atoms with Crippen LogP contribution in [0.4, 0.5) is 26.3 Å². The summed E-state index contributed by atoms with van der Waals surface area (Å²) in [5.74, 6) is -1.12. The van der Waals surface area contributed by atoms with E-state index in [9.17, 15) is 36.2 Å². The van der Waals surface area contributed by atoms with E-state index in [1.165, 1.54) is 28.4 Å². The summed E-state index contributed by atoms with van der Waals surface area (Å²) >= 11 is 1.38. The molecule has 5 rings (SSSR count). The summed E-state index contributed by atoms with van der Waals surface area (Å²) in [6.07, 6.45) is -6.56. The Morgan fingerprint density at radius 1 is 1.11 bits per heavy atom. The van der Waals surface area contributed by atoms with Crippen LogP contribution in [0.5, 0.6) is 5.75 Å². The molecule has 1 saturated heterocycles. The quantitative estimate of drug-likeness (QED) is 0.185. The molecule has 1 aromatic carbocycles. The molecule has 4 heterocycles. The van der Waals surface area contributed by atoms with Crippen LogP contribution in [0.1, 0.15) is 64.0 Å². The molecule has 7 nitrogen and oxygen atoms in total. The fraction of sp³-hybridized carbons (Fsp3) is 0.387. The van der Waals surface area contributed by atoms with Gasteiger partial charge in [-0.2, -0.15) is 31.4 Å². The molecule has 0 spiro atoms. The molecule has 45 heavy (non-hydrogen) atoms. The predicted molar refractivity (Wildman–Crippen MR) is 156 cm³/mol. The highest BCUT2D eigenvalue weighted by Crippen LogP contribution is 2.37. The maximum atomic E-state index is 13.8. The summed E-state index contributed by atoms with van der Waals surface area (Å²) in [5.41, 5.74) is 1.76. The Bertz CT molecular complexity index is 1670. The van der Waals surface area contributed by atoms with Crippen LogP contribution in [0.15, 0.2) is 48.0 Å². The molecule has 0 amide bonds. The number of thiophene rings is 1. The van der Waals surface area contributed by atoms with E-state index in [2.05, 4.69) is 10.1 Å². The number of pyridine rings is 1. The monoisotopic (exact) mass is 652 g/mol. The first-order valence-electron chi connectivity index (χ1n) is 14.2. The Hall–Kier alpha value is -3.91. The molecular formula is C31H30F6N4O3S. The molecule has 0 unspecified atom stereocenters. The number of nitrogens with zero attached hydrogens (tertiary/aromatic N) is 4. The second kappa shape index (κ2) is 12.8. The van der Waals surface area contributed by atoms with Gasteiger partial charge in [0.25, 0.3) is 0 Å². The van der Waals surface area contributed by atoms with Crippen LogP contribution in [-0.2, 0) is 19.2 Å². The SMILES string of the molecule is CCc1csc(-c2cccc(-n3ncc(C(=O)O)c3C(F)(F)F)n2)c1COc1ccc(C2CCN(CC(F)(F)F)CC2)cc1C. The molecular weight excluding hydrogens is 622 g/mol. The van der Waals surface area contributed by atoms with Gasteiger partial charge in [-0.05, 0) is 85.5 Å². The lowest BCUT2D eigenvalue weighted by Gasteiger charge is -2.32. The second-order valence-corrected chi connectivity index (χ2v) is 11.8. The number of likely N-dealkylation sites (tertiary alicyclic amines) is 1. The highest BCUT2D eigenvalue weighted by molar-refractivity contribution is 7.13. The molecule has 1 aliphatic heterocycles. The summed E-state index contributed by atoms with van der Waals surface area (Å²) in [6, 6.07) is 10.3. The smallest absolute Gasteiger partial charge is 0.434 e. The molecule has 240 valence electrons. The third-order valence-electron chi connectivity index (χ3n) is 7.85. The number of benzene rings is 1. The first-order valence-corrected chi connectivity index (χ1v) is 15.1. The van der Waals surface area contributed by atoms with Crippen molar-refractivity contribution in [3.05, 3.63) is 81.5 Å². The molecule has 1 fully saturated rings. The molecule has 14 heteroatoms. The van der Waals surface area contributed by atoms with E-state index < -0.39 is 36.1 Å². The van der Waals surface area contributed by atoms with Crippen LogP contribution in [0.2, 0.25) is 0 Å². The van der Waals surface area contributed by atoms with Crippen molar-refractivity contribution in [1.29, 1.82) is 0 Å². The Kier molecular flexibility index (Phi) is 9.26. The largest absolute Gasteiger partial charge is 0.489 e. The highest BCUT2D eigenvalue weighted by atomic mass is 32.1. The second-order valence-electron chi connectivity index (χ2n) is 10.9. The minimum absolute atomic E-state index is 0.162. The molecule has 1 aliphatic rings. The first kappa shape index (κ1) is 32.5. The number of alkyl halides is 6. The number of aryl methyl sites for hydroxylation is 2. The molecule has 3 aromatic heterocycles. The Balaban J connectivity index is 1.35. The lowest BCUT2D eigenvalue weighted by Crippen LogP contribution is -2.39. The zero-order valence-corrected chi connectivity index (χ0v) is 25.2.